The Morgan fingerprint density at radius 2 is 1.68 bits per heavy atom. The highest BCUT2D eigenvalue weighted by molar-refractivity contribution is 5.89. The van der Waals surface area contributed by atoms with E-state index in [1.165, 1.54) is 5.56 Å². The van der Waals surface area contributed by atoms with Crippen molar-refractivity contribution in [3.8, 4) is 23.0 Å². The number of hydrogen-bond acceptors (Lipinski definition) is 9. The van der Waals surface area contributed by atoms with Gasteiger partial charge in [0.2, 0.25) is 11.5 Å². The smallest absolute Gasteiger partial charge is 0.338 e. The monoisotopic (exact) mass is 516 g/mol. The highest BCUT2D eigenvalue weighted by Crippen LogP contribution is 2.44. The molecule has 0 bridgehead atoms. The number of rotatable bonds is 14. The van der Waals surface area contributed by atoms with Crippen LogP contribution in [0.4, 0.5) is 0 Å². The third kappa shape index (κ3) is 8.24. The predicted octanol–water partition coefficient (Wildman–Crippen LogP) is 3.27. The molecular weight excluding hydrogens is 476 g/mol. The van der Waals surface area contributed by atoms with Crippen molar-refractivity contribution in [1.29, 1.82) is 0 Å². The van der Waals surface area contributed by atoms with Crippen LogP contribution in [0, 0.1) is 0 Å². The second kappa shape index (κ2) is 14.7. The lowest BCUT2D eigenvalue weighted by Crippen LogP contribution is -2.45. The number of esters is 1. The summed E-state index contributed by atoms with van der Waals surface area (Å²) in [7, 11) is 3.12. The standard InChI is InChI=1S/C28H40N2O7/c1-5-35-27-24(33-3)11-12-25(26(27)34-4)37-19-23(31)17-29-22-13-15-30(16-14-22)18-20-7-9-21(10-8-20)28(32)36-6-2/h7-12,22-23,29,31H,5-6,13-19H2,1-4H3. The van der Waals surface area contributed by atoms with Crippen molar-refractivity contribution < 1.29 is 33.6 Å². The van der Waals surface area contributed by atoms with E-state index < -0.39 is 6.10 Å². The Hall–Kier alpha value is -3.01. The maximum absolute atomic E-state index is 11.8. The molecule has 0 radical (unpaired) electrons. The van der Waals surface area contributed by atoms with E-state index in [4.69, 9.17) is 23.7 Å². The Morgan fingerprint density at radius 1 is 0.973 bits per heavy atom. The van der Waals surface area contributed by atoms with Crippen LogP contribution in [0.3, 0.4) is 0 Å². The number of likely N-dealkylation sites (tertiary alicyclic amines) is 1. The molecule has 1 unspecified atom stereocenters. The number of piperidine rings is 1. The SMILES string of the molecule is CCOC(=O)c1ccc(CN2CCC(NCC(O)COc3ccc(OC)c(OCC)c3OC)CC2)cc1. The first-order valence-electron chi connectivity index (χ1n) is 12.9. The van der Waals surface area contributed by atoms with Gasteiger partial charge in [0.05, 0.1) is 33.0 Å². The highest BCUT2D eigenvalue weighted by atomic mass is 16.6. The molecule has 0 saturated carbocycles. The van der Waals surface area contributed by atoms with Crippen molar-refractivity contribution in [3.05, 3.63) is 47.5 Å². The molecule has 9 nitrogen and oxygen atoms in total. The minimum absolute atomic E-state index is 0.127. The van der Waals surface area contributed by atoms with Gasteiger partial charge in [0, 0.05) is 19.1 Å². The first-order chi connectivity index (χ1) is 18.0. The molecule has 0 spiro atoms. The van der Waals surface area contributed by atoms with Crippen LogP contribution in [0.1, 0.15) is 42.6 Å². The molecule has 1 saturated heterocycles. The molecule has 0 aliphatic carbocycles. The zero-order valence-electron chi connectivity index (χ0n) is 22.3. The van der Waals surface area contributed by atoms with Crippen LogP contribution in [0.15, 0.2) is 36.4 Å². The van der Waals surface area contributed by atoms with Crippen LogP contribution >= 0.6 is 0 Å². The Kier molecular flexibility index (Phi) is 11.3. The fourth-order valence-corrected chi connectivity index (χ4v) is 4.34. The number of ether oxygens (including phenoxy) is 5. The summed E-state index contributed by atoms with van der Waals surface area (Å²) in [4.78, 5) is 14.2. The highest BCUT2D eigenvalue weighted by Gasteiger charge is 2.21. The van der Waals surface area contributed by atoms with E-state index in [0.29, 0.717) is 54.4 Å². The minimum atomic E-state index is -0.668. The fourth-order valence-electron chi connectivity index (χ4n) is 4.34. The van der Waals surface area contributed by atoms with E-state index in [9.17, 15) is 9.90 Å². The molecule has 2 aromatic carbocycles. The van der Waals surface area contributed by atoms with Crippen molar-refractivity contribution in [3.63, 3.8) is 0 Å². The molecule has 204 valence electrons. The average Bonchev–Trinajstić information content (AvgIpc) is 2.92. The molecule has 0 aromatic heterocycles. The zero-order chi connectivity index (χ0) is 26.6. The number of nitrogens with one attached hydrogen (secondary N) is 1. The van der Waals surface area contributed by atoms with Crippen LogP contribution in [-0.4, -0.2) is 81.8 Å². The van der Waals surface area contributed by atoms with E-state index in [1.807, 2.05) is 31.2 Å². The molecule has 37 heavy (non-hydrogen) atoms. The van der Waals surface area contributed by atoms with Crippen molar-refractivity contribution in [2.45, 2.75) is 45.4 Å². The summed E-state index contributed by atoms with van der Waals surface area (Å²) in [5.74, 6) is 1.71. The number of aliphatic hydroxyl groups is 1. The Morgan fingerprint density at radius 3 is 2.30 bits per heavy atom. The Labute approximate surface area is 219 Å². The maximum atomic E-state index is 11.8. The van der Waals surface area contributed by atoms with Crippen LogP contribution in [-0.2, 0) is 11.3 Å². The van der Waals surface area contributed by atoms with E-state index in [2.05, 4.69) is 10.2 Å². The van der Waals surface area contributed by atoms with Crippen molar-refractivity contribution in [1.82, 2.24) is 10.2 Å². The zero-order valence-corrected chi connectivity index (χ0v) is 22.3. The molecule has 1 aliphatic rings. The number of methoxy groups -OCH3 is 2. The summed E-state index contributed by atoms with van der Waals surface area (Å²) in [6, 6.07) is 11.5. The fraction of sp³-hybridized carbons (Fsp3) is 0.536. The summed E-state index contributed by atoms with van der Waals surface area (Å²) in [5, 5.41) is 14.0. The number of benzene rings is 2. The molecule has 1 atom stereocenters. The third-order valence-electron chi connectivity index (χ3n) is 6.28. The van der Waals surface area contributed by atoms with Gasteiger partial charge >= 0.3 is 5.97 Å². The van der Waals surface area contributed by atoms with Gasteiger partial charge in [0.25, 0.3) is 0 Å². The van der Waals surface area contributed by atoms with Crippen molar-refractivity contribution in [2.24, 2.45) is 0 Å². The first-order valence-corrected chi connectivity index (χ1v) is 12.9. The summed E-state index contributed by atoms with van der Waals surface area (Å²) < 4.78 is 27.4. The molecule has 1 heterocycles. The van der Waals surface area contributed by atoms with Gasteiger partial charge in [-0.3, -0.25) is 4.90 Å². The van der Waals surface area contributed by atoms with E-state index in [1.54, 1.807) is 33.3 Å². The summed E-state index contributed by atoms with van der Waals surface area (Å²) in [6.45, 7) is 7.87. The third-order valence-corrected chi connectivity index (χ3v) is 6.28. The predicted molar refractivity (Wildman–Crippen MR) is 141 cm³/mol. The number of nitrogens with zero attached hydrogens (tertiary/aromatic N) is 1. The van der Waals surface area contributed by atoms with Crippen LogP contribution < -0.4 is 24.3 Å². The van der Waals surface area contributed by atoms with E-state index in [0.717, 1.165) is 32.5 Å². The lowest BCUT2D eigenvalue weighted by molar-refractivity contribution is 0.0526. The van der Waals surface area contributed by atoms with E-state index in [-0.39, 0.29) is 12.6 Å². The number of aliphatic hydroxyl groups excluding tert-OH is 1. The quantitative estimate of drug-likeness (QED) is 0.367. The summed E-state index contributed by atoms with van der Waals surface area (Å²) in [6.07, 6.45) is 1.33. The molecule has 9 heteroatoms. The lowest BCUT2D eigenvalue weighted by Gasteiger charge is -2.33. The van der Waals surface area contributed by atoms with Gasteiger partial charge in [-0.25, -0.2) is 4.79 Å². The molecule has 1 fully saturated rings. The van der Waals surface area contributed by atoms with Crippen LogP contribution in [0.2, 0.25) is 0 Å². The molecule has 2 N–H and O–H groups in total. The van der Waals surface area contributed by atoms with Gasteiger partial charge in [0.1, 0.15) is 12.7 Å². The summed E-state index contributed by atoms with van der Waals surface area (Å²) >= 11 is 0. The summed E-state index contributed by atoms with van der Waals surface area (Å²) in [5.41, 5.74) is 1.75. The largest absolute Gasteiger partial charge is 0.493 e. The van der Waals surface area contributed by atoms with Crippen LogP contribution in [0.5, 0.6) is 23.0 Å². The Balaban J connectivity index is 1.40. The number of hydrogen-bond donors (Lipinski definition) is 2. The second-order valence-electron chi connectivity index (χ2n) is 8.90. The van der Waals surface area contributed by atoms with E-state index >= 15 is 0 Å². The Bertz CT molecular complexity index is 975. The topological polar surface area (TPSA) is 98.7 Å². The van der Waals surface area contributed by atoms with Crippen LogP contribution in [0.25, 0.3) is 0 Å². The number of carbonyl (C=O) groups excluding carboxylic acids is 1. The van der Waals surface area contributed by atoms with Gasteiger partial charge in [-0.05, 0) is 69.6 Å². The van der Waals surface area contributed by atoms with Gasteiger partial charge in [-0.15, -0.1) is 0 Å². The number of carbonyl (C=O) groups is 1. The van der Waals surface area contributed by atoms with Crippen molar-refractivity contribution >= 4 is 5.97 Å². The van der Waals surface area contributed by atoms with Gasteiger partial charge < -0.3 is 34.1 Å². The molecule has 1 aliphatic heterocycles. The molecular formula is C28H40N2O7. The first kappa shape index (κ1) is 28.6. The maximum Gasteiger partial charge on any atom is 0.338 e. The van der Waals surface area contributed by atoms with Gasteiger partial charge in [-0.2, -0.15) is 0 Å². The molecule has 2 aromatic rings. The average molecular weight is 517 g/mol. The van der Waals surface area contributed by atoms with Crippen molar-refractivity contribution in [2.75, 3.05) is 53.7 Å². The normalized spacial score (nSPS) is 15.2. The minimum Gasteiger partial charge on any atom is -0.493 e. The van der Waals surface area contributed by atoms with Gasteiger partial charge in [-0.1, -0.05) is 12.1 Å². The second-order valence-corrected chi connectivity index (χ2v) is 8.90. The lowest BCUT2D eigenvalue weighted by atomic mass is 10.0. The van der Waals surface area contributed by atoms with Gasteiger partial charge in [0.15, 0.2) is 11.5 Å². The molecule has 0 amide bonds. The molecule has 3 rings (SSSR count).